The number of alkyl halides is 6. The Morgan fingerprint density at radius 1 is 0.815 bits per heavy atom. The minimum absolute atomic E-state index is 0.241. The van der Waals surface area contributed by atoms with Crippen molar-refractivity contribution in [2.45, 2.75) is 37.2 Å². The average Bonchev–Trinajstić information content (AvgIpc) is 2.81. The number of halogens is 6. The molecule has 0 saturated heterocycles. The highest BCUT2D eigenvalue weighted by Gasteiger charge is 2.71. The zero-order valence-corrected chi connectivity index (χ0v) is 13.9. The molecular weight excluding hydrogens is 372 g/mol. The summed E-state index contributed by atoms with van der Waals surface area (Å²) < 4.78 is 78.5. The van der Waals surface area contributed by atoms with Crippen LogP contribution in [0.4, 0.5) is 32.0 Å². The first-order valence-corrected chi connectivity index (χ1v) is 8.16. The predicted octanol–water partition coefficient (Wildman–Crippen LogP) is 5.46. The largest absolute Gasteiger partial charge is 0.430 e. The first kappa shape index (κ1) is 19.4. The van der Waals surface area contributed by atoms with Crippen LogP contribution < -0.4 is 0 Å². The number of aliphatic hydroxyl groups is 1. The van der Waals surface area contributed by atoms with Gasteiger partial charge in [0.05, 0.1) is 5.69 Å². The minimum Gasteiger partial charge on any atom is -0.369 e. The molecule has 144 valence electrons. The van der Waals surface area contributed by atoms with Crippen LogP contribution >= 0.6 is 0 Å². The van der Waals surface area contributed by atoms with E-state index in [1.165, 1.54) is 0 Å². The quantitative estimate of drug-likeness (QED) is 0.683. The summed E-state index contributed by atoms with van der Waals surface area (Å²) in [6.07, 6.45) is -10.5. The van der Waals surface area contributed by atoms with Crippen LogP contribution in [-0.2, 0) is 12.0 Å². The minimum atomic E-state index is -5.90. The van der Waals surface area contributed by atoms with E-state index in [-0.39, 0.29) is 12.0 Å². The zero-order chi connectivity index (χ0) is 19.9. The molecule has 0 spiro atoms. The molecule has 0 bridgehead atoms. The van der Waals surface area contributed by atoms with Gasteiger partial charge in [0.2, 0.25) is 0 Å². The molecular formula is C19H15F6NO. The van der Waals surface area contributed by atoms with Gasteiger partial charge in [0.15, 0.2) is 0 Å². The third-order valence-corrected chi connectivity index (χ3v) is 4.54. The molecule has 2 nitrogen and oxygen atoms in total. The summed E-state index contributed by atoms with van der Waals surface area (Å²) in [6.45, 7) is 0. The summed E-state index contributed by atoms with van der Waals surface area (Å²) in [4.78, 5) is 4.43. The van der Waals surface area contributed by atoms with Gasteiger partial charge in [0.1, 0.15) is 0 Å². The number of benzene rings is 2. The van der Waals surface area contributed by atoms with Crippen molar-refractivity contribution >= 4 is 11.4 Å². The Kier molecular flexibility index (Phi) is 4.80. The number of rotatable bonds is 2. The van der Waals surface area contributed by atoms with Gasteiger partial charge in [-0.3, -0.25) is 4.99 Å². The van der Waals surface area contributed by atoms with E-state index in [0.717, 1.165) is 17.7 Å². The molecule has 0 amide bonds. The van der Waals surface area contributed by atoms with Crippen molar-refractivity contribution in [3.63, 3.8) is 0 Å². The third-order valence-electron chi connectivity index (χ3n) is 4.54. The van der Waals surface area contributed by atoms with Crippen molar-refractivity contribution in [3.8, 4) is 0 Å². The lowest BCUT2D eigenvalue weighted by Gasteiger charge is -2.33. The zero-order valence-electron chi connectivity index (χ0n) is 13.9. The Hall–Kier alpha value is -2.35. The molecule has 0 unspecified atom stereocenters. The van der Waals surface area contributed by atoms with Crippen LogP contribution in [0.5, 0.6) is 0 Å². The SMILES string of the molecule is OC(c1ccc2c(c1)CCCC(c1ccccc1)=N2)(C(F)(F)F)C(F)(F)F. The van der Waals surface area contributed by atoms with Crippen LogP contribution in [0.3, 0.4) is 0 Å². The van der Waals surface area contributed by atoms with Crippen molar-refractivity contribution in [2.24, 2.45) is 4.99 Å². The standard InChI is InChI=1S/C19H15F6NO/c20-18(21,22)17(27,19(23,24)25)14-9-10-16-13(11-14)7-4-8-15(26-16)12-5-2-1-3-6-12/h1-3,5-6,9-11,27H,4,7-8H2. The summed E-state index contributed by atoms with van der Waals surface area (Å²) in [7, 11) is 0. The Balaban J connectivity index is 2.08. The summed E-state index contributed by atoms with van der Waals surface area (Å²) in [6, 6.07) is 11.6. The molecule has 2 aromatic carbocycles. The molecule has 1 heterocycles. The molecule has 0 saturated carbocycles. The third kappa shape index (κ3) is 3.45. The fraction of sp³-hybridized carbons (Fsp3) is 0.316. The van der Waals surface area contributed by atoms with E-state index in [2.05, 4.69) is 4.99 Å². The summed E-state index contributed by atoms with van der Waals surface area (Å²) >= 11 is 0. The molecule has 0 aliphatic carbocycles. The summed E-state index contributed by atoms with van der Waals surface area (Å²) in [5.74, 6) is 0. The van der Waals surface area contributed by atoms with Gasteiger partial charge >= 0.3 is 12.4 Å². The number of fused-ring (bicyclic) bond motifs is 1. The number of hydrogen-bond acceptors (Lipinski definition) is 2. The van der Waals surface area contributed by atoms with Crippen LogP contribution in [0.2, 0.25) is 0 Å². The lowest BCUT2D eigenvalue weighted by molar-refractivity contribution is -0.376. The van der Waals surface area contributed by atoms with Crippen molar-refractivity contribution in [1.29, 1.82) is 0 Å². The van der Waals surface area contributed by atoms with Gasteiger partial charge in [0.25, 0.3) is 5.60 Å². The Bertz CT molecular complexity index is 841. The topological polar surface area (TPSA) is 32.6 Å². The van der Waals surface area contributed by atoms with Gasteiger partial charge in [0, 0.05) is 11.3 Å². The molecule has 1 aliphatic rings. The number of hydrogen-bond donors (Lipinski definition) is 1. The number of aryl methyl sites for hydroxylation is 1. The van der Waals surface area contributed by atoms with Gasteiger partial charge in [-0.05, 0) is 36.5 Å². The van der Waals surface area contributed by atoms with E-state index in [0.29, 0.717) is 30.3 Å². The van der Waals surface area contributed by atoms with Gasteiger partial charge in [-0.1, -0.05) is 42.5 Å². The van der Waals surface area contributed by atoms with E-state index in [1.807, 2.05) is 30.3 Å². The molecule has 8 heteroatoms. The van der Waals surface area contributed by atoms with Crippen molar-refractivity contribution in [3.05, 3.63) is 65.2 Å². The lowest BCUT2D eigenvalue weighted by Crippen LogP contribution is -2.53. The predicted molar refractivity (Wildman–Crippen MR) is 88.0 cm³/mol. The fourth-order valence-electron chi connectivity index (χ4n) is 3.09. The normalized spacial score (nSPS) is 15.7. The summed E-state index contributed by atoms with van der Waals surface area (Å²) in [5.41, 5.74) is -4.07. The highest BCUT2D eigenvalue weighted by atomic mass is 19.4. The molecule has 27 heavy (non-hydrogen) atoms. The molecule has 1 N–H and O–H groups in total. The number of aliphatic imine (C=N–C) groups is 1. The van der Waals surface area contributed by atoms with Crippen LogP contribution in [0.15, 0.2) is 53.5 Å². The molecule has 1 aliphatic heterocycles. The maximum Gasteiger partial charge on any atom is 0.430 e. The van der Waals surface area contributed by atoms with E-state index in [4.69, 9.17) is 0 Å². The lowest BCUT2D eigenvalue weighted by atomic mass is 9.89. The Morgan fingerprint density at radius 3 is 2.04 bits per heavy atom. The van der Waals surface area contributed by atoms with Crippen LogP contribution in [0, 0.1) is 0 Å². The highest BCUT2D eigenvalue weighted by Crippen LogP contribution is 2.50. The second-order valence-electron chi connectivity index (χ2n) is 6.33. The van der Waals surface area contributed by atoms with E-state index in [9.17, 15) is 31.4 Å². The van der Waals surface area contributed by atoms with Crippen LogP contribution in [0.25, 0.3) is 0 Å². The molecule has 0 fully saturated rings. The highest BCUT2D eigenvalue weighted by molar-refractivity contribution is 6.02. The molecule has 0 aromatic heterocycles. The Morgan fingerprint density at radius 2 is 1.44 bits per heavy atom. The van der Waals surface area contributed by atoms with E-state index >= 15 is 0 Å². The first-order valence-electron chi connectivity index (χ1n) is 8.16. The second kappa shape index (κ2) is 6.67. The van der Waals surface area contributed by atoms with Crippen molar-refractivity contribution in [1.82, 2.24) is 0 Å². The molecule has 3 rings (SSSR count). The molecule has 0 radical (unpaired) electrons. The maximum atomic E-state index is 13.1. The number of nitrogens with zero attached hydrogens (tertiary/aromatic N) is 1. The molecule has 2 aromatic rings. The average molecular weight is 387 g/mol. The van der Waals surface area contributed by atoms with Crippen molar-refractivity contribution in [2.75, 3.05) is 0 Å². The Labute approximate surface area is 151 Å². The smallest absolute Gasteiger partial charge is 0.369 e. The van der Waals surface area contributed by atoms with Crippen molar-refractivity contribution < 1.29 is 31.4 Å². The van der Waals surface area contributed by atoms with E-state index < -0.39 is 23.5 Å². The maximum absolute atomic E-state index is 13.1. The fourth-order valence-corrected chi connectivity index (χ4v) is 3.09. The summed E-state index contributed by atoms with van der Waals surface area (Å²) in [5, 5.41) is 9.57. The van der Waals surface area contributed by atoms with Gasteiger partial charge in [-0.25, -0.2) is 0 Å². The monoisotopic (exact) mass is 387 g/mol. The van der Waals surface area contributed by atoms with Gasteiger partial charge in [-0.2, -0.15) is 26.3 Å². The van der Waals surface area contributed by atoms with Gasteiger partial charge in [-0.15, -0.1) is 0 Å². The second-order valence-corrected chi connectivity index (χ2v) is 6.33. The van der Waals surface area contributed by atoms with Crippen LogP contribution in [0.1, 0.15) is 29.5 Å². The van der Waals surface area contributed by atoms with Crippen LogP contribution in [-0.4, -0.2) is 23.2 Å². The molecule has 0 atom stereocenters. The van der Waals surface area contributed by atoms with Gasteiger partial charge < -0.3 is 5.11 Å². The first-order chi connectivity index (χ1) is 12.5. The van der Waals surface area contributed by atoms with E-state index in [1.54, 1.807) is 0 Å².